The minimum absolute atomic E-state index is 0. The standard InChI is InChI=1S/2H4N2.H3N.H2O4S/c2*1-2;;1-5(2,3)4/h2*1-2H2;1H3;(H2,1,2,3,4). The van der Waals surface area contributed by atoms with Gasteiger partial charge in [0.25, 0.3) is 0 Å². The maximum atomic E-state index is 8.52. The van der Waals surface area contributed by atoms with Gasteiger partial charge in [-0.3, -0.25) is 20.1 Å². The average molecular weight is 179 g/mol. The Balaban J connectivity index is -0.0000000315. The molecule has 0 radical (unpaired) electrons. The van der Waals surface area contributed by atoms with Crippen LogP contribution in [0, 0.1) is 0 Å². The highest BCUT2D eigenvalue weighted by molar-refractivity contribution is 7.79. The van der Waals surface area contributed by atoms with Crippen LogP contribution in [-0.4, -0.2) is 17.5 Å². The number of hydrogen-bond donors (Lipinski definition) is 5. The summed E-state index contributed by atoms with van der Waals surface area (Å²) in [5.74, 6) is 14.0. The predicted molar refractivity (Wildman–Crippen MR) is 29.6 cm³/mol. The fourth-order valence-corrected chi connectivity index (χ4v) is 0. The van der Waals surface area contributed by atoms with Crippen LogP contribution in [0.25, 0.3) is 0 Å². The zero-order valence-electron chi connectivity index (χ0n) is 5.32. The largest absolute Gasteiger partial charge is 0.759 e. The maximum absolute atomic E-state index is 8.52. The summed E-state index contributed by atoms with van der Waals surface area (Å²) in [4.78, 5) is 0. The highest BCUT2D eigenvalue weighted by Crippen LogP contribution is 1.57. The molecule has 0 rings (SSSR count). The molecule has 0 fully saturated rings. The summed E-state index contributed by atoms with van der Waals surface area (Å²) in [5, 5.41) is 0. The van der Waals surface area contributed by atoms with Gasteiger partial charge in [-0.25, -0.2) is 0 Å². The van der Waals surface area contributed by atoms with Gasteiger partial charge in [-0.05, 0) is 0 Å². The van der Waals surface area contributed by atoms with Gasteiger partial charge in [-0.15, -0.1) is 0 Å². The Morgan fingerprint density at radius 1 is 1.00 bits per heavy atom. The van der Waals surface area contributed by atoms with Crippen LogP contribution in [0.15, 0.2) is 0 Å². The summed E-state index contributed by atoms with van der Waals surface area (Å²) in [5.41, 5.74) is 0. The minimum atomic E-state index is -5.17. The molecule has 0 aromatic heterocycles. The Hall–Kier alpha value is -0.330. The van der Waals surface area contributed by atoms with Gasteiger partial charge in [0.15, 0.2) is 0 Å². The van der Waals surface area contributed by atoms with Gasteiger partial charge in [0.2, 0.25) is 0 Å². The van der Waals surface area contributed by atoms with Crippen molar-refractivity contribution in [1.29, 1.82) is 0 Å². The van der Waals surface area contributed by atoms with Gasteiger partial charge >= 0.3 is 0 Å². The van der Waals surface area contributed by atoms with E-state index in [2.05, 4.69) is 23.4 Å². The molecule has 0 spiro atoms. The first-order chi connectivity index (χ1) is 4.00. The third-order valence-corrected chi connectivity index (χ3v) is 0. The second kappa shape index (κ2) is 15.9. The summed E-state index contributed by atoms with van der Waals surface area (Å²) in [7, 11) is -5.17. The zero-order chi connectivity index (χ0) is 8.50. The average Bonchev–Trinajstić information content (AvgIpc) is 1.72. The summed E-state index contributed by atoms with van der Waals surface area (Å²) < 4.78 is 34.1. The van der Waals surface area contributed by atoms with E-state index in [1.807, 2.05) is 0 Å². The number of quaternary nitrogens is 2. The normalized spacial score (nSPS) is 7.00. The molecule has 0 aromatic carbocycles. The second-order valence-corrected chi connectivity index (χ2v) is 1.22. The van der Waals surface area contributed by atoms with Crippen molar-refractivity contribution in [3.63, 3.8) is 0 Å². The SMILES string of the molecule is N.N[NH3+].N[NH3+].O=S(=O)([O-])[O-]. The first kappa shape index (κ1) is 22.6. The van der Waals surface area contributed by atoms with Gasteiger partial charge in [-0.1, -0.05) is 0 Å². The molecule has 0 amide bonds. The summed E-state index contributed by atoms with van der Waals surface area (Å²) in [6.45, 7) is 0. The van der Waals surface area contributed by atoms with Gasteiger partial charge in [0.1, 0.15) is 0 Å². The van der Waals surface area contributed by atoms with E-state index < -0.39 is 10.4 Å². The number of rotatable bonds is 0. The van der Waals surface area contributed by atoms with Gasteiger partial charge in [-0.2, -0.15) is 11.7 Å². The lowest BCUT2D eigenvalue weighted by atomic mass is 13.0. The molecular formula is H13N5O4S. The summed E-state index contributed by atoms with van der Waals surface area (Å²) in [6.07, 6.45) is 0. The molecule has 13 N–H and O–H groups in total. The Morgan fingerprint density at radius 2 is 1.00 bits per heavy atom. The van der Waals surface area contributed by atoms with Crippen molar-refractivity contribution in [2.24, 2.45) is 11.7 Å². The van der Waals surface area contributed by atoms with Crippen molar-refractivity contribution in [2.75, 3.05) is 0 Å². The van der Waals surface area contributed by atoms with Crippen LogP contribution in [0.4, 0.5) is 0 Å². The smallest absolute Gasteiger partial charge is 0.0311 e. The molecule has 9 nitrogen and oxygen atoms in total. The highest BCUT2D eigenvalue weighted by Gasteiger charge is 1.49. The maximum Gasteiger partial charge on any atom is 0.0311 e. The van der Waals surface area contributed by atoms with E-state index in [-0.39, 0.29) is 6.15 Å². The van der Waals surface area contributed by atoms with E-state index in [9.17, 15) is 0 Å². The zero-order valence-corrected chi connectivity index (χ0v) is 6.13. The molecule has 0 atom stereocenters. The molecule has 0 bridgehead atoms. The van der Waals surface area contributed by atoms with Crippen LogP contribution >= 0.6 is 0 Å². The molecule has 68 valence electrons. The molecule has 0 aliphatic carbocycles. The number of nitrogens with two attached hydrogens (primary N) is 2. The third kappa shape index (κ3) is 3130. The third-order valence-electron chi connectivity index (χ3n) is 0. The Labute approximate surface area is 58.5 Å². The molecular weight excluding hydrogens is 166 g/mol. The lowest BCUT2D eigenvalue weighted by molar-refractivity contribution is -0.379. The topological polar surface area (TPSA) is 223 Å². The van der Waals surface area contributed by atoms with Crippen LogP contribution in [0.5, 0.6) is 0 Å². The molecule has 10 heavy (non-hydrogen) atoms. The molecule has 0 saturated carbocycles. The Kier molecular flexibility index (Phi) is 35.9. The predicted octanol–water partition coefficient (Wildman–Crippen LogP) is -4.97. The molecule has 0 heterocycles. The van der Waals surface area contributed by atoms with Gasteiger partial charge in [0, 0.05) is 10.4 Å². The van der Waals surface area contributed by atoms with Crippen LogP contribution < -0.4 is 29.5 Å². The Morgan fingerprint density at radius 3 is 1.00 bits per heavy atom. The lowest BCUT2D eigenvalue weighted by Crippen LogP contribution is -2.59. The van der Waals surface area contributed by atoms with Crippen LogP contribution in [-0.2, 0) is 10.4 Å². The summed E-state index contributed by atoms with van der Waals surface area (Å²) >= 11 is 0. The van der Waals surface area contributed by atoms with E-state index >= 15 is 0 Å². The lowest BCUT2D eigenvalue weighted by Gasteiger charge is -2.06. The van der Waals surface area contributed by atoms with E-state index in [1.165, 1.54) is 0 Å². The molecule has 0 aromatic rings. The second-order valence-electron chi connectivity index (χ2n) is 0.408. The van der Waals surface area contributed by atoms with Crippen molar-refractivity contribution >= 4 is 10.4 Å². The van der Waals surface area contributed by atoms with Crippen molar-refractivity contribution in [2.45, 2.75) is 0 Å². The van der Waals surface area contributed by atoms with Crippen molar-refractivity contribution in [1.82, 2.24) is 6.15 Å². The Bertz CT molecular complexity index is 96.8. The highest BCUT2D eigenvalue weighted by atomic mass is 32.3. The van der Waals surface area contributed by atoms with Crippen molar-refractivity contribution in [3.05, 3.63) is 0 Å². The van der Waals surface area contributed by atoms with Crippen LogP contribution in [0.1, 0.15) is 0 Å². The minimum Gasteiger partial charge on any atom is -0.759 e. The monoisotopic (exact) mass is 179 g/mol. The van der Waals surface area contributed by atoms with Gasteiger partial charge in [0.05, 0.1) is 0 Å². The molecule has 10 heteroatoms. The van der Waals surface area contributed by atoms with Crippen LogP contribution in [0.3, 0.4) is 0 Å². The van der Waals surface area contributed by atoms with Crippen LogP contribution in [0.2, 0.25) is 0 Å². The molecule has 0 unspecified atom stereocenters. The summed E-state index contributed by atoms with van der Waals surface area (Å²) in [6, 6.07) is 0. The number of hydrogen-bond acceptors (Lipinski definition) is 7. The first-order valence-corrected chi connectivity index (χ1v) is 2.82. The molecule has 0 aliphatic rings. The van der Waals surface area contributed by atoms with Crippen molar-refractivity contribution < 1.29 is 29.2 Å². The van der Waals surface area contributed by atoms with E-state index in [0.29, 0.717) is 0 Å². The first-order valence-electron chi connectivity index (χ1n) is 1.48. The van der Waals surface area contributed by atoms with E-state index in [4.69, 9.17) is 17.5 Å². The fraction of sp³-hybridized carbons (Fsp3) is 0. The van der Waals surface area contributed by atoms with E-state index in [0.717, 1.165) is 0 Å². The molecule has 0 aliphatic heterocycles. The van der Waals surface area contributed by atoms with Crippen molar-refractivity contribution in [3.8, 4) is 0 Å². The van der Waals surface area contributed by atoms with E-state index in [1.54, 1.807) is 0 Å². The molecule has 0 saturated heterocycles. The fourth-order valence-electron chi connectivity index (χ4n) is 0. The quantitative estimate of drug-likeness (QED) is 0.105. The van der Waals surface area contributed by atoms with Gasteiger partial charge < -0.3 is 15.3 Å².